The van der Waals surface area contributed by atoms with Crippen molar-refractivity contribution in [2.75, 3.05) is 18.2 Å². The molecule has 1 aromatic rings. The molecule has 0 heterocycles. The second-order valence-corrected chi connectivity index (χ2v) is 5.84. The molecule has 116 valence electrons. The van der Waals surface area contributed by atoms with E-state index in [0.717, 1.165) is 0 Å². The predicted octanol–water partition coefficient (Wildman–Crippen LogP) is 3.74. The van der Waals surface area contributed by atoms with Gasteiger partial charge in [-0.25, -0.2) is 0 Å². The van der Waals surface area contributed by atoms with Crippen molar-refractivity contribution in [2.24, 2.45) is 0 Å². The van der Waals surface area contributed by atoms with Crippen LogP contribution in [0.2, 0.25) is 10.0 Å². The fourth-order valence-corrected chi connectivity index (χ4v) is 2.74. The quantitative estimate of drug-likeness (QED) is 0.768. The molecule has 21 heavy (non-hydrogen) atoms. The zero-order valence-electron chi connectivity index (χ0n) is 12.0. The number of carbonyl (C=O) groups is 2. The Hall–Kier alpha value is -0.970. The number of anilines is 1. The lowest BCUT2D eigenvalue weighted by Gasteiger charge is -2.27. The Morgan fingerprint density at radius 2 is 1.76 bits per heavy atom. The molecule has 0 aliphatic carbocycles. The molecule has 0 spiro atoms. The van der Waals surface area contributed by atoms with E-state index in [9.17, 15) is 9.59 Å². The van der Waals surface area contributed by atoms with E-state index in [1.165, 1.54) is 12.1 Å². The van der Waals surface area contributed by atoms with Crippen LogP contribution >= 0.6 is 34.8 Å². The maximum absolute atomic E-state index is 12.3. The standard InChI is InChI=1S/C14H17Cl3N2O2/c1-4-14(2,11(20)7-15)19-13(21)8-5-9(16)12(18-3)10(17)6-8/h5-6,18H,4,7H2,1-3H3,(H,19,21). The number of hydrogen-bond acceptors (Lipinski definition) is 3. The number of hydrogen-bond donors (Lipinski definition) is 2. The minimum absolute atomic E-state index is 0.162. The average molecular weight is 352 g/mol. The summed E-state index contributed by atoms with van der Waals surface area (Å²) >= 11 is 17.7. The summed E-state index contributed by atoms with van der Waals surface area (Å²) in [5.74, 6) is -0.835. The van der Waals surface area contributed by atoms with E-state index in [-0.39, 0.29) is 17.2 Å². The molecule has 1 rings (SSSR count). The van der Waals surface area contributed by atoms with Gasteiger partial charge in [0.1, 0.15) is 0 Å². The molecule has 1 unspecified atom stereocenters. The molecular formula is C14H17Cl3N2O2. The number of benzene rings is 1. The molecule has 1 amide bonds. The molecule has 0 saturated heterocycles. The summed E-state index contributed by atoms with van der Waals surface area (Å²) in [7, 11) is 1.68. The van der Waals surface area contributed by atoms with E-state index >= 15 is 0 Å². The summed E-state index contributed by atoms with van der Waals surface area (Å²) < 4.78 is 0. The number of rotatable bonds is 6. The van der Waals surface area contributed by atoms with Gasteiger partial charge in [0.05, 0.1) is 27.2 Å². The average Bonchev–Trinajstić information content (AvgIpc) is 2.45. The lowest BCUT2D eigenvalue weighted by molar-refractivity contribution is -0.122. The van der Waals surface area contributed by atoms with Crippen LogP contribution < -0.4 is 10.6 Å². The zero-order chi connectivity index (χ0) is 16.2. The fourth-order valence-electron chi connectivity index (χ4n) is 1.77. The molecule has 0 bridgehead atoms. The van der Waals surface area contributed by atoms with Crippen molar-refractivity contribution in [3.05, 3.63) is 27.7 Å². The van der Waals surface area contributed by atoms with Crippen LogP contribution in [-0.4, -0.2) is 30.2 Å². The molecular weight excluding hydrogens is 335 g/mol. The van der Waals surface area contributed by atoms with E-state index < -0.39 is 11.4 Å². The third-order valence-electron chi connectivity index (χ3n) is 3.39. The first-order valence-corrected chi connectivity index (χ1v) is 7.66. The third-order valence-corrected chi connectivity index (χ3v) is 4.23. The van der Waals surface area contributed by atoms with E-state index in [0.29, 0.717) is 22.2 Å². The maximum Gasteiger partial charge on any atom is 0.252 e. The lowest BCUT2D eigenvalue weighted by atomic mass is 9.93. The molecule has 0 aromatic heterocycles. The molecule has 4 nitrogen and oxygen atoms in total. The van der Waals surface area contributed by atoms with Crippen molar-refractivity contribution in [1.29, 1.82) is 0 Å². The highest BCUT2D eigenvalue weighted by Crippen LogP contribution is 2.31. The molecule has 2 N–H and O–H groups in total. The van der Waals surface area contributed by atoms with Crippen molar-refractivity contribution in [1.82, 2.24) is 5.32 Å². The number of ketones is 1. The third kappa shape index (κ3) is 4.02. The molecule has 0 saturated carbocycles. The topological polar surface area (TPSA) is 58.2 Å². The van der Waals surface area contributed by atoms with E-state index in [1.807, 2.05) is 0 Å². The zero-order valence-corrected chi connectivity index (χ0v) is 14.3. The second-order valence-electron chi connectivity index (χ2n) is 4.76. The van der Waals surface area contributed by atoms with E-state index in [4.69, 9.17) is 34.8 Å². The number of Topliss-reactive ketones (excluding diaryl/α,β-unsaturated/α-hetero) is 1. The first kappa shape index (κ1) is 18.1. The highest BCUT2D eigenvalue weighted by atomic mass is 35.5. The van der Waals surface area contributed by atoms with E-state index in [2.05, 4.69) is 10.6 Å². The largest absolute Gasteiger partial charge is 0.386 e. The summed E-state index contributed by atoms with van der Waals surface area (Å²) in [5.41, 5.74) is -0.185. The normalized spacial score (nSPS) is 13.4. The van der Waals surface area contributed by atoms with Gasteiger partial charge >= 0.3 is 0 Å². The van der Waals surface area contributed by atoms with Crippen LogP contribution in [0.15, 0.2) is 12.1 Å². The first-order valence-electron chi connectivity index (χ1n) is 6.37. The summed E-state index contributed by atoms with van der Waals surface area (Å²) in [6.07, 6.45) is 0.431. The van der Waals surface area contributed by atoms with Gasteiger partial charge in [-0.3, -0.25) is 9.59 Å². The number of nitrogens with one attached hydrogen (secondary N) is 2. The van der Waals surface area contributed by atoms with Gasteiger partial charge in [0.25, 0.3) is 5.91 Å². The van der Waals surface area contributed by atoms with Crippen LogP contribution in [-0.2, 0) is 4.79 Å². The van der Waals surface area contributed by atoms with Crippen molar-refractivity contribution in [3.8, 4) is 0 Å². The number of alkyl halides is 1. The smallest absolute Gasteiger partial charge is 0.252 e. The Labute approximate surface area is 139 Å². The number of carbonyl (C=O) groups excluding carboxylic acids is 2. The lowest BCUT2D eigenvalue weighted by Crippen LogP contribution is -2.52. The van der Waals surface area contributed by atoms with Crippen LogP contribution in [0.4, 0.5) is 5.69 Å². The summed E-state index contributed by atoms with van der Waals surface area (Å²) in [6.45, 7) is 3.44. The SMILES string of the molecule is CCC(C)(NC(=O)c1cc(Cl)c(NC)c(Cl)c1)C(=O)CCl. The molecule has 0 aliphatic heterocycles. The van der Waals surface area contributed by atoms with Gasteiger partial charge in [-0.2, -0.15) is 0 Å². The Morgan fingerprint density at radius 3 is 2.14 bits per heavy atom. The number of amides is 1. The summed E-state index contributed by atoms with van der Waals surface area (Å²) in [6, 6.07) is 2.99. The summed E-state index contributed by atoms with van der Waals surface area (Å²) in [4.78, 5) is 24.2. The van der Waals surface area contributed by atoms with Crippen LogP contribution in [0.1, 0.15) is 30.6 Å². The van der Waals surface area contributed by atoms with Crippen LogP contribution in [0.3, 0.4) is 0 Å². The minimum Gasteiger partial charge on any atom is -0.386 e. The molecule has 0 aliphatic rings. The van der Waals surface area contributed by atoms with Crippen LogP contribution in [0.25, 0.3) is 0 Å². The van der Waals surface area contributed by atoms with Gasteiger partial charge in [-0.05, 0) is 25.5 Å². The van der Waals surface area contributed by atoms with Crippen molar-refractivity contribution in [3.63, 3.8) is 0 Å². The Kier molecular flexibility index (Phi) is 6.32. The van der Waals surface area contributed by atoms with Gasteiger partial charge in [-0.15, -0.1) is 11.6 Å². The highest BCUT2D eigenvalue weighted by molar-refractivity contribution is 6.39. The Morgan fingerprint density at radius 1 is 1.24 bits per heavy atom. The maximum atomic E-state index is 12.3. The second kappa shape index (κ2) is 7.34. The van der Waals surface area contributed by atoms with Gasteiger partial charge in [0, 0.05) is 12.6 Å². The van der Waals surface area contributed by atoms with Crippen LogP contribution in [0.5, 0.6) is 0 Å². The number of halogens is 3. The predicted molar refractivity (Wildman–Crippen MR) is 87.9 cm³/mol. The van der Waals surface area contributed by atoms with E-state index in [1.54, 1.807) is 20.9 Å². The molecule has 0 radical (unpaired) electrons. The van der Waals surface area contributed by atoms with Crippen molar-refractivity contribution in [2.45, 2.75) is 25.8 Å². The summed E-state index contributed by atoms with van der Waals surface area (Å²) in [5, 5.41) is 6.20. The molecule has 7 heteroatoms. The van der Waals surface area contributed by atoms with Crippen molar-refractivity contribution < 1.29 is 9.59 Å². The monoisotopic (exact) mass is 350 g/mol. The van der Waals surface area contributed by atoms with Crippen molar-refractivity contribution >= 4 is 52.2 Å². The molecule has 1 aromatic carbocycles. The minimum atomic E-state index is -1.01. The Bertz CT molecular complexity index is 540. The van der Waals surface area contributed by atoms with Gasteiger partial charge < -0.3 is 10.6 Å². The fraction of sp³-hybridized carbons (Fsp3) is 0.429. The van der Waals surface area contributed by atoms with Gasteiger partial charge in [0.15, 0.2) is 5.78 Å². The van der Waals surface area contributed by atoms with Crippen LogP contribution in [0, 0.1) is 0 Å². The van der Waals surface area contributed by atoms with Gasteiger partial charge in [0.2, 0.25) is 0 Å². The molecule has 1 atom stereocenters. The Balaban J connectivity index is 3.07. The van der Waals surface area contributed by atoms with Gasteiger partial charge in [-0.1, -0.05) is 30.1 Å². The first-order chi connectivity index (χ1) is 9.78. The molecule has 0 fully saturated rings. The highest BCUT2D eigenvalue weighted by Gasteiger charge is 2.32.